The monoisotopic (exact) mass is 242 g/mol. The van der Waals surface area contributed by atoms with Gasteiger partial charge in [-0.3, -0.25) is 4.79 Å². The van der Waals surface area contributed by atoms with Crippen LogP contribution in [-0.4, -0.2) is 12.5 Å². The molecule has 0 aliphatic rings. The van der Waals surface area contributed by atoms with E-state index < -0.39 is 5.91 Å². The normalized spacial score (nSPS) is 9.40. The van der Waals surface area contributed by atoms with E-state index in [2.05, 4.69) is 11.2 Å². The second-order valence-corrected chi connectivity index (χ2v) is 3.54. The van der Waals surface area contributed by atoms with Crippen molar-refractivity contribution in [3.8, 4) is 12.3 Å². The van der Waals surface area contributed by atoms with Gasteiger partial charge in [0, 0.05) is 5.69 Å². The summed E-state index contributed by atoms with van der Waals surface area (Å²) in [6.07, 6.45) is 5.00. The summed E-state index contributed by atoms with van der Waals surface area (Å²) >= 11 is 11.6. The minimum absolute atomic E-state index is 0.127. The second-order valence-electron chi connectivity index (χ2n) is 2.75. The minimum Gasteiger partial charge on any atom is -0.399 e. The molecule has 1 aromatic rings. The molecule has 0 radical (unpaired) electrons. The summed E-state index contributed by atoms with van der Waals surface area (Å²) in [4.78, 5) is 11.5. The van der Waals surface area contributed by atoms with Crippen LogP contribution < -0.4 is 11.1 Å². The van der Waals surface area contributed by atoms with Crippen LogP contribution in [-0.2, 0) is 0 Å². The van der Waals surface area contributed by atoms with Crippen molar-refractivity contribution in [1.82, 2.24) is 5.32 Å². The van der Waals surface area contributed by atoms with Crippen LogP contribution in [0.4, 0.5) is 5.69 Å². The molecule has 0 aliphatic carbocycles. The number of hydrogen-bond donors (Lipinski definition) is 2. The van der Waals surface area contributed by atoms with E-state index in [0.29, 0.717) is 5.69 Å². The van der Waals surface area contributed by atoms with Gasteiger partial charge >= 0.3 is 0 Å². The molecule has 1 rings (SSSR count). The van der Waals surface area contributed by atoms with Crippen molar-refractivity contribution in [2.24, 2.45) is 0 Å². The van der Waals surface area contributed by atoms with Crippen molar-refractivity contribution >= 4 is 34.8 Å². The highest BCUT2D eigenvalue weighted by molar-refractivity contribution is 6.44. The smallest absolute Gasteiger partial charge is 0.253 e. The summed E-state index contributed by atoms with van der Waals surface area (Å²) < 4.78 is 0. The Balaban J connectivity index is 3.04. The highest BCUT2D eigenvalue weighted by Crippen LogP contribution is 2.28. The zero-order valence-corrected chi connectivity index (χ0v) is 9.19. The van der Waals surface area contributed by atoms with Gasteiger partial charge in [-0.05, 0) is 12.1 Å². The lowest BCUT2D eigenvalue weighted by Crippen LogP contribution is -2.24. The fourth-order valence-corrected chi connectivity index (χ4v) is 1.42. The first-order chi connectivity index (χ1) is 7.06. The molecule has 0 bridgehead atoms. The van der Waals surface area contributed by atoms with Crippen LogP contribution in [0.3, 0.4) is 0 Å². The number of nitrogen functional groups attached to an aromatic ring is 1. The van der Waals surface area contributed by atoms with Gasteiger partial charge < -0.3 is 11.1 Å². The maximum absolute atomic E-state index is 11.5. The lowest BCUT2D eigenvalue weighted by Gasteiger charge is -2.06. The van der Waals surface area contributed by atoms with Gasteiger partial charge in [0.1, 0.15) is 0 Å². The highest BCUT2D eigenvalue weighted by Gasteiger charge is 2.13. The molecule has 78 valence electrons. The predicted octanol–water partition coefficient (Wildman–Crippen LogP) is 1.94. The number of halogens is 2. The van der Waals surface area contributed by atoms with Gasteiger partial charge in [-0.15, -0.1) is 6.42 Å². The van der Waals surface area contributed by atoms with Gasteiger partial charge in [-0.1, -0.05) is 29.1 Å². The molecular weight excluding hydrogens is 235 g/mol. The van der Waals surface area contributed by atoms with E-state index in [4.69, 9.17) is 35.4 Å². The van der Waals surface area contributed by atoms with Gasteiger partial charge in [0.25, 0.3) is 5.91 Å². The third-order valence-corrected chi connectivity index (χ3v) is 2.45. The van der Waals surface area contributed by atoms with Gasteiger partial charge in [-0.25, -0.2) is 0 Å². The average molecular weight is 243 g/mol. The minimum atomic E-state index is -0.396. The molecule has 1 aromatic carbocycles. The third kappa shape index (κ3) is 2.79. The van der Waals surface area contributed by atoms with E-state index >= 15 is 0 Å². The van der Waals surface area contributed by atoms with E-state index in [1.807, 2.05) is 0 Å². The summed E-state index contributed by atoms with van der Waals surface area (Å²) in [6, 6.07) is 2.92. The summed E-state index contributed by atoms with van der Waals surface area (Å²) in [7, 11) is 0. The number of benzene rings is 1. The van der Waals surface area contributed by atoms with E-state index in [1.165, 1.54) is 12.1 Å². The zero-order valence-electron chi connectivity index (χ0n) is 7.68. The van der Waals surface area contributed by atoms with Gasteiger partial charge in [0.2, 0.25) is 0 Å². The van der Waals surface area contributed by atoms with Crippen LogP contribution in [0.15, 0.2) is 12.1 Å². The van der Waals surface area contributed by atoms with E-state index in [-0.39, 0.29) is 22.2 Å². The Morgan fingerprint density at radius 3 is 2.80 bits per heavy atom. The highest BCUT2D eigenvalue weighted by atomic mass is 35.5. The van der Waals surface area contributed by atoms with Crippen LogP contribution >= 0.6 is 23.2 Å². The topological polar surface area (TPSA) is 55.1 Å². The fraction of sp³-hybridized carbons (Fsp3) is 0.100. The quantitative estimate of drug-likeness (QED) is 0.616. The van der Waals surface area contributed by atoms with Crippen molar-refractivity contribution in [1.29, 1.82) is 0 Å². The van der Waals surface area contributed by atoms with E-state index in [9.17, 15) is 4.79 Å². The molecule has 0 saturated heterocycles. The number of amides is 1. The second kappa shape index (κ2) is 4.92. The molecule has 0 heterocycles. The Kier molecular flexibility index (Phi) is 3.84. The number of rotatable bonds is 2. The van der Waals surface area contributed by atoms with Crippen LogP contribution in [0.2, 0.25) is 10.0 Å². The predicted molar refractivity (Wildman–Crippen MR) is 62.0 cm³/mol. The lowest BCUT2D eigenvalue weighted by molar-refractivity contribution is 0.0959. The fourth-order valence-electron chi connectivity index (χ4n) is 1.00. The van der Waals surface area contributed by atoms with Gasteiger partial charge in [0.15, 0.2) is 0 Å². The summed E-state index contributed by atoms with van der Waals surface area (Å²) in [5.41, 5.74) is 6.12. The van der Waals surface area contributed by atoms with Crippen LogP contribution in [0.1, 0.15) is 10.4 Å². The molecule has 5 heteroatoms. The number of terminal acetylenes is 1. The number of carbonyl (C=O) groups excluding carboxylic acids is 1. The van der Waals surface area contributed by atoms with Crippen molar-refractivity contribution in [3.05, 3.63) is 27.7 Å². The van der Waals surface area contributed by atoms with Crippen molar-refractivity contribution in [2.45, 2.75) is 0 Å². The van der Waals surface area contributed by atoms with E-state index in [1.54, 1.807) is 0 Å². The molecule has 0 saturated carbocycles. The van der Waals surface area contributed by atoms with Crippen molar-refractivity contribution in [2.75, 3.05) is 12.3 Å². The van der Waals surface area contributed by atoms with Crippen LogP contribution in [0.25, 0.3) is 0 Å². The number of hydrogen-bond acceptors (Lipinski definition) is 2. The molecule has 15 heavy (non-hydrogen) atoms. The zero-order chi connectivity index (χ0) is 11.4. The van der Waals surface area contributed by atoms with Crippen molar-refractivity contribution in [3.63, 3.8) is 0 Å². The first-order valence-electron chi connectivity index (χ1n) is 4.02. The summed E-state index contributed by atoms with van der Waals surface area (Å²) in [5, 5.41) is 2.88. The van der Waals surface area contributed by atoms with E-state index in [0.717, 1.165) is 0 Å². The molecule has 0 aromatic heterocycles. The molecule has 3 N–H and O–H groups in total. The molecule has 1 amide bonds. The molecule has 3 nitrogen and oxygen atoms in total. The largest absolute Gasteiger partial charge is 0.399 e. The number of nitrogens with two attached hydrogens (primary N) is 1. The average Bonchev–Trinajstić information content (AvgIpc) is 2.19. The molecule has 0 atom stereocenters. The summed E-state index contributed by atoms with van der Waals surface area (Å²) in [6.45, 7) is 0.127. The first kappa shape index (κ1) is 11.7. The Morgan fingerprint density at radius 1 is 1.53 bits per heavy atom. The Bertz CT molecular complexity index is 438. The summed E-state index contributed by atoms with van der Waals surface area (Å²) in [5.74, 6) is 1.88. The maximum atomic E-state index is 11.5. The SMILES string of the molecule is C#CCNC(=O)c1cc(N)cc(Cl)c1Cl. The standard InChI is InChI=1S/C10H8Cl2N2O/c1-2-3-14-10(15)7-4-6(13)5-8(11)9(7)12/h1,4-5H,3,13H2,(H,14,15). The lowest BCUT2D eigenvalue weighted by atomic mass is 10.2. The van der Waals surface area contributed by atoms with Crippen molar-refractivity contribution < 1.29 is 4.79 Å². The Labute approximate surface area is 97.5 Å². The molecule has 0 aliphatic heterocycles. The van der Waals surface area contributed by atoms with Gasteiger partial charge in [-0.2, -0.15) is 0 Å². The van der Waals surface area contributed by atoms with Gasteiger partial charge in [0.05, 0.1) is 22.2 Å². The first-order valence-corrected chi connectivity index (χ1v) is 4.78. The molecule has 0 unspecified atom stereocenters. The Hall–Kier alpha value is -1.37. The van der Waals surface area contributed by atoms with Crippen LogP contribution in [0, 0.1) is 12.3 Å². The van der Waals surface area contributed by atoms with Crippen LogP contribution in [0.5, 0.6) is 0 Å². The molecular formula is C10H8Cl2N2O. The number of anilines is 1. The maximum Gasteiger partial charge on any atom is 0.253 e. The Morgan fingerprint density at radius 2 is 2.20 bits per heavy atom. The number of carbonyl (C=O) groups is 1. The molecule has 0 fully saturated rings. The molecule has 0 spiro atoms. The third-order valence-electron chi connectivity index (χ3n) is 1.65. The number of nitrogens with one attached hydrogen (secondary N) is 1.